The average molecular weight is 501 g/mol. The van der Waals surface area contributed by atoms with Gasteiger partial charge in [0.05, 0.1) is 28.4 Å². The van der Waals surface area contributed by atoms with Crippen molar-refractivity contribution >= 4 is 29.9 Å². The first-order chi connectivity index (χ1) is 13.1. The van der Waals surface area contributed by atoms with Gasteiger partial charge in [-0.05, 0) is 29.8 Å². The van der Waals surface area contributed by atoms with E-state index in [1.807, 2.05) is 36.4 Å². The molecule has 2 aromatic carbocycles. The first kappa shape index (κ1) is 23.7. The zero-order valence-electron chi connectivity index (χ0n) is 16.9. The van der Waals surface area contributed by atoms with Gasteiger partial charge in [0.1, 0.15) is 11.5 Å². The molecule has 8 heteroatoms. The lowest BCUT2D eigenvalue weighted by molar-refractivity contribution is 0.354. The lowest BCUT2D eigenvalue weighted by Crippen LogP contribution is -2.36. The number of nitrogens with one attached hydrogen (secondary N) is 2. The van der Waals surface area contributed by atoms with Crippen molar-refractivity contribution in [2.45, 2.75) is 13.1 Å². The summed E-state index contributed by atoms with van der Waals surface area (Å²) in [5, 5.41) is 6.56. The van der Waals surface area contributed by atoms with E-state index in [2.05, 4.69) is 15.6 Å². The van der Waals surface area contributed by atoms with Gasteiger partial charge in [0, 0.05) is 31.8 Å². The van der Waals surface area contributed by atoms with Crippen molar-refractivity contribution in [2.75, 3.05) is 35.5 Å². The number of rotatable bonds is 8. The molecule has 0 saturated carbocycles. The molecular formula is C20H28IN3O4. The summed E-state index contributed by atoms with van der Waals surface area (Å²) in [6.45, 7) is 1.17. The van der Waals surface area contributed by atoms with Crippen molar-refractivity contribution in [3.8, 4) is 23.0 Å². The van der Waals surface area contributed by atoms with Gasteiger partial charge < -0.3 is 29.6 Å². The Morgan fingerprint density at radius 3 is 2.07 bits per heavy atom. The maximum Gasteiger partial charge on any atom is 0.191 e. The highest BCUT2D eigenvalue weighted by atomic mass is 127. The van der Waals surface area contributed by atoms with Crippen LogP contribution in [0.1, 0.15) is 11.1 Å². The van der Waals surface area contributed by atoms with Crippen molar-refractivity contribution in [1.29, 1.82) is 0 Å². The third kappa shape index (κ3) is 6.36. The average Bonchev–Trinajstić information content (AvgIpc) is 2.73. The number of hydrogen-bond acceptors (Lipinski definition) is 5. The Bertz CT molecular complexity index is 784. The minimum absolute atomic E-state index is 0. The van der Waals surface area contributed by atoms with E-state index in [4.69, 9.17) is 18.9 Å². The van der Waals surface area contributed by atoms with E-state index in [-0.39, 0.29) is 24.0 Å². The van der Waals surface area contributed by atoms with Gasteiger partial charge in [-0.3, -0.25) is 4.99 Å². The number of halogens is 1. The summed E-state index contributed by atoms with van der Waals surface area (Å²) in [4.78, 5) is 4.26. The molecule has 2 N–H and O–H groups in total. The topological polar surface area (TPSA) is 73.3 Å². The monoisotopic (exact) mass is 501 g/mol. The molecule has 0 bridgehead atoms. The zero-order chi connectivity index (χ0) is 19.6. The highest BCUT2D eigenvalue weighted by Crippen LogP contribution is 2.27. The van der Waals surface area contributed by atoms with Crippen LogP contribution in [0.2, 0.25) is 0 Å². The molecule has 2 rings (SSSR count). The summed E-state index contributed by atoms with van der Waals surface area (Å²) in [5.74, 6) is 3.60. The number of benzene rings is 2. The van der Waals surface area contributed by atoms with Crippen LogP contribution in [0, 0.1) is 0 Å². The van der Waals surface area contributed by atoms with Crippen LogP contribution in [0.3, 0.4) is 0 Å². The molecule has 0 radical (unpaired) electrons. The van der Waals surface area contributed by atoms with Crippen LogP contribution in [0.25, 0.3) is 0 Å². The maximum atomic E-state index is 5.42. The largest absolute Gasteiger partial charge is 0.497 e. The first-order valence-electron chi connectivity index (χ1n) is 8.51. The normalized spacial score (nSPS) is 10.5. The number of hydrogen-bond donors (Lipinski definition) is 2. The van der Waals surface area contributed by atoms with Crippen LogP contribution in [0.15, 0.2) is 41.4 Å². The molecule has 0 aromatic heterocycles. The highest BCUT2D eigenvalue weighted by Gasteiger charge is 2.08. The predicted molar refractivity (Wildman–Crippen MR) is 122 cm³/mol. The number of methoxy groups -OCH3 is 4. The van der Waals surface area contributed by atoms with Gasteiger partial charge in [0.25, 0.3) is 0 Å². The van der Waals surface area contributed by atoms with Gasteiger partial charge in [-0.15, -0.1) is 24.0 Å². The number of ether oxygens (including phenoxy) is 4. The Morgan fingerprint density at radius 2 is 1.46 bits per heavy atom. The smallest absolute Gasteiger partial charge is 0.191 e. The van der Waals surface area contributed by atoms with E-state index in [9.17, 15) is 0 Å². The van der Waals surface area contributed by atoms with Crippen LogP contribution in [-0.4, -0.2) is 41.4 Å². The molecule has 7 nitrogen and oxygen atoms in total. The fraction of sp³-hybridized carbons (Fsp3) is 0.350. The standard InChI is InChI=1S/C20H27N3O4.HI/c1-21-20(22-12-14-6-9-17(25-3)19(10-14)27-5)23-13-15-7-8-16(24-2)11-18(15)26-4;/h6-11H,12-13H2,1-5H3,(H2,21,22,23);1H. The lowest BCUT2D eigenvalue weighted by atomic mass is 10.2. The van der Waals surface area contributed by atoms with Gasteiger partial charge in [-0.2, -0.15) is 0 Å². The van der Waals surface area contributed by atoms with Crippen LogP contribution < -0.4 is 29.6 Å². The summed E-state index contributed by atoms with van der Waals surface area (Å²) >= 11 is 0. The number of guanidine groups is 1. The molecule has 0 saturated heterocycles. The van der Waals surface area contributed by atoms with Crippen molar-refractivity contribution < 1.29 is 18.9 Å². The molecule has 0 heterocycles. The summed E-state index contributed by atoms with van der Waals surface area (Å²) in [5.41, 5.74) is 2.06. The molecule has 28 heavy (non-hydrogen) atoms. The van der Waals surface area contributed by atoms with E-state index in [0.717, 1.165) is 22.6 Å². The van der Waals surface area contributed by atoms with Gasteiger partial charge in [0.2, 0.25) is 0 Å². The fourth-order valence-electron chi connectivity index (χ4n) is 2.57. The van der Waals surface area contributed by atoms with Gasteiger partial charge >= 0.3 is 0 Å². The molecule has 0 unspecified atom stereocenters. The second-order valence-electron chi connectivity index (χ2n) is 5.65. The SMILES string of the molecule is CN=C(NCc1ccc(OC)c(OC)c1)NCc1ccc(OC)cc1OC.I. The van der Waals surface area contributed by atoms with E-state index in [1.165, 1.54) is 0 Å². The fourth-order valence-corrected chi connectivity index (χ4v) is 2.57. The van der Waals surface area contributed by atoms with E-state index in [1.54, 1.807) is 35.5 Å². The Labute approximate surface area is 183 Å². The van der Waals surface area contributed by atoms with Crippen molar-refractivity contribution in [3.05, 3.63) is 47.5 Å². The van der Waals surface area contributed by atoms with Gasteiger partial charge in [-0.25, -0.2) is 0 Å². The van der Waals surface area contributed by atoms with E-state index < -0.39 is 0 Å². The van der Waals surface area contributed by atoms with Gasteiger partial charge in [-0.1, -0.05) is 6.07 Å². The Hall–Kier alpha value is -2.36. The first-order valence-corrected chi connectivity index (χ1v) is 8.51. The third-order valence-electron chi connectivity index (χ3n) is 4.07. The van der Waals surface area contributed by atoms with Gasteiger partial charge in [0.15, 0.2) is 17.5 Å². The molecule has 0 amide bonds. The third-order valence-corrected chi connectivity index (χ3v) is 4.07. The molecular weight excluding hydrogens is 473 g/mol. The summed E-state index contributed by atoms with van der Waals surface area (Å²) in [7, 11) is 8.25. The van der Waals surface area contributed by atoms with Crippen molar-refractivity contribution in [1.82, 2.24) is 10.6 Å². The van der Waals surface area contributed by atoms with E-state index >= 15 is 0 Å². The molecule has 0 aliphatic carbocycles. The molecule has 0 atom stereocenters. The van der Waals surface area contributed by atoms with Crippen LogP contribution >= 0.6 is 24.0 Å². The lowest BCUT2D eigenvalue weighted by Gasteiger charge is -2.15. The molecule has 154 valence electrons. The molecule has 0 fully saturated rings. The second-order valence-corrected chi connectivity index (χ2v) is 5.65. The highest BCUT2D eigenvalue weighted by molar-refractivity contribution is 14.0. The Morgan fingerprint density at radius 1 is 0.786 bits per heavy atom. The van der Waals surface area contributed by atoms with Crippen molar-refractivity contribution in [3.63, 3.8) is 0 Å². The van der Waals surface area contributed by atoms with Crippen molar-refractivity contribution in [2.24, 2.45) is 4.99 Å². The minimum atomic E-state index is 0. The predicted octanol–water partition coefficient (Wildman–Crippen LogP) is 3.20. The number of nitrogens with zero attached hydrogens (tertiary/aromatic N) is 1. The molecule has 0 aliphatic rings. The molecule has 0 aliphatic heterocycles. The summed E-state index contributed by atoms with van der Waals surface area (Å²) in [6, 6.07) is 11.5. The molecule has 2 aromatic rings. The van der Waals surface area contributed by atoms with E-state index in [0.29, 0.717) is 30.5 Å². The Balaban J connectivity index is 0.00000392. The summed E-state index contributed by atoms with van der Waals surface area (Å²) in [6.07, 6.45) is 0. The van der Waals surface area contributed by atoms with Crippen LogP contribution in [0.4, 0.5) is 0 Å². The molecule has 0 spiro atoms. The second kappa shape index (κ2) is 12.2. The Kier molecular flexibility index (Phi) is 10.3. The zero-order valence-corrected chi connectivity index (χ0v) is 19.2. The van der Waals surface area contributed by atoms with Crippen LogP contribution in [0.5, 0.6) is 23.0 Å². The summed E-state index contributed by atoms with van der Waals surface area (Å²) < 4.78 is 21.2. The number of aliphatic imine (C=N–C) groups is 1. The van der Waals surface area contributed by atoms with Crippen LogP contribution in [-0.2, 0) is 13.1 Å². The maximum absolute atomic E-state index is 5.42. The quantitative estimate of drug-likeness (QED) is 0.329. The minimum Gasteiger partial charge on any atom is -0.497 e.